The zero-order valence-corrected chi connectivity index (χ0v) is 13.0. The van der Waals surface area contributed by atoms with E-state index in [9.17, 15) is 8.78 Å². The minimum atomic E-state index is -2.91. The van der Waals surface area contributed by atoms with E-state index in [1.165, 1.54) is 25.5 Å². The van der Waals surface area contributed by atoms with Crippen molar-refractivity contribution in [2.24, 2.45) is 5.16 Å². The van der Waals surface area contributed by atoms with E-state index in [2.05, 4.69) is 9.89 Å². The second-order valence-corrected chi connectivity index (χ2v) is 4.86. The largest absolute Gasteiger partial charge is 0.493 e. The molecule has 122 valence electrons. The predicted molar refractivity (Wildman–Crippen MR) is 83.5 cm³/mol. The lowest BCUT2D eigenvalue weighted by Gasteiger charge is -2.09. The Morgan fingerprint density at radius 1 is 1.13 bits per heavy atom. The minimum Gasteiger partial charge on any atom is -0.493 e. The maximum Gasteiger partial charge on any atom is 0.387 e. The lowest BCUT2D eigenvalue weighted by atomic mass is 10.2. The predicted octanol–water partition coefficient (Wildman–Crippen LogP) is 4.50. The van der Waals surface area contributed by atoms with Gasteiger partial charge < -0.3 is 14.3 Å². The Hall–Kier alpha value is -2.34. The normalized spacial score (nSPS) is 11.0. The van der Waals surface area contributed by atoms with Crippen molar-refractivity contribution in [2.75, 3.05) is 7.11 Å². The van der Waals surface area contributed by atoms with Crippen molar-refractivity contribution in [1.82, 2.24) is 0 Å². The molecule has 0 bridgehead atoms. The molecular weight excluding hydrogens is 328 g/mol. The topological polar surface area (TPSA) is 40.0 Å². The molecule has 0 spiro atoms. The zero-order valence-electron chi connectivity index (χ0n) is 12.2. The van der Waals surface area contributed by atoms with Crippen LogP contribution in [0.4, 0.5) is 8.78 Å². The Morgan fingerprint density at radius 3 is 2.52 bits per heavy atom. The first kappa shape index (κ1) is 17.0. The summed E-state index contributed by atoms with van der Waals surface area (Å²) in [7, 11) is 1.37. The number of methoxy groups -OCH3 is 1. The van der Waals surface area contributed by atoms with E-state index >= 15 is 0 Å². The maximum atomic E-state index is 12.2. The average Bonchev–Trinajstić information content (AvgIpc) is 2.54. The van der Waals surface area contributed by atoms with Crippen LogP contribution in [-0.2, 0) is 11.4 Å². The number of benzene rings is 2. The Bertz CT molecular complexity index is 663. The molecular formula is C16H14ClF2NO3. The molecule has 0 radical (unpaired) electrons. The van der Waals surface area contributed by atoms with Crippen molar-refractivity contribution >= 4 is 17.8 Å². The molecule has 4 nitrogen and oxygen atoms in total. The van der Waals surface area contributed by atoms with E-state index in [1.54, 1.807) is 18.2 Å². The number of nitrogens with zero attached hydrogens (tertiary/aromatic N) is 1. The van der Waals surface area contributed by atoms with Crippen molar-refractivity contribution in [3.05, 3.63) is 58.6 Å². The lowest BCUT2D eigenvalue weighted by molar-refractivity contribution is -0.0512. The molecule has 2 aromatic carbocycles. The molecule has 0 atom stereocenters. The Morgan fingerprint density at radius 2 is 1.87 bits per heavy atom. The summed E-state index contributed by atoms with van der Waals surface area (Å²) < 4.78 is 33.8. The number of hydrogen-bond donors (Lipinski definition) is 0. The van der Waals surface area contributed by atoms with Gasteiger partial charge >= 0.3 is 6.61 Å². The van der Waals surface area contributed by atoms with Gasteiger partial charge in [0.1, 0.15) is 6.61 Å². The molecule has 23 heavy (non-hydrogen) atoms. The second kappa shape index (κ2) is 8.33. The quantitative estimate of drug-likeness (QED) is 0.550. The fourth-order valence-corrected chi connectivity index (χ4v) is 1.87. The van der Waals surface area contributed by atoms with Crippen LogP contribution in [0.25, 0.3) is 0 Å². The van der Waals surface area contributed by atoms with Crippen LogP contribution in [0.2, 0.25) is 5.02 Å². The van der Waals surface area contributed by atoms with Crippen LogP contribution in [0, 0.1) is 0 Å². The fraction of sp³-hybridized carbons (Fsp3) is 0.188. The van der Waals surface area contributed by atoms with E-state index in [-0.39, 0.29) is 18.1 Å². The summed E-state index contributed by atoms with van der Waals surface area (Å²) in [5.74, 6) is 0.147. The monoisotopic (exact) mass is 341 g/mol. The van der Waals surface area contributed by atoms with Gasteiger partial charge in [0.25, 0.3) is 0 Å². The van der Waals surface area contributed by atoms with Crippen LogP contribution in [0.3, 0.4) is 0 Å². The van der Waals surface area contributed by atoms with Gasteiger partial charge in [-0.2, -0.15) is 8.78 Å². The van der Waals surface area contributed by atoms with Crippen molar-refractivity contribution in [2.45, 2.75) is 13.2 Å². The molecule has 0 unspecified atom stereocenters. The van der Waals surface area contributed by atoms with Gasteiger partial charge in [0.2, 0.25) is 0 Å². The third kappa shape index (κ3) is 5.41. The van der Waals surface area contributed by atoms with Crippen molar-refractivity contribution in [3.8, 4) is 11.5 Å². The molecule has 0 saturated heterocycles. The smallest absolute Gasteiger partial charge is 0.387 e. The summed E-state index contributed by atoms with van der Waals surface area (Å²) in [6, 6.07) is 11.6. The van der Waals surface area contributed by atoms with E-state index in [4.69, 9.17) is 21.2 Å². The minimum absolute atomic E-state index is 0.0401. The van der Waals surface area contributed by atoms with Gasteiger partial charge in [0, 0.05) is 10.6 Å². The van der Waals surface area contributed by atoms with Crippen LogP contribution in [0.5, 0.6) is 11.5 Å². The number of halogens is 3. The zero-order chi connectivity index (χ0) is 16.7. The Kier molecular flexibility index (Phi) is 6.17. The molecule has 0 aromatic heterocycles. The van der Waals surface area contributed by atoms with E-state index < -0.39 is 6.61 Å². The summed E-state index contributed by atoms with van der Waals surface area (Å²) in [4.78, 5) is 5.17. The summed E-state index contributed by atoms with van der Waals surface area (Å²) in [6.07, 6.45) is 1.45. The number of hydrogen-bond acceptors (Lipinski definition) is 4. The molecule has 0 aliphatic rings. The van der Waals surface area contributed by atoms with Crippen LogP contribution in [0.15, 0.2) is 47.6 Å². The first-order chi connectivity index (χ1) is 11.1. The summed E-state index contributed by atoms with van der Waals surface area (Å²) in [5.41, 5.74) is 1.55. The van der Waals surface area contributed by atoms with Gasteiger partial charge in [0.15, 0.2) is 11.5 Å². The molecule has 0 saturated carbocycles. The van der Waals surface area contributed by atoms with Gasteiger partial charge in [-0.15, -0.1) is 0 Å². The Balaban J connectivity index is 1.95. The Labute approximate surface area is 137 Å². The average molecular weight is 342 g/mol. The van der Waals surface area contributed by atoms with Crippen molar-refractivity contribution < 1.29 is 23.1 Å². The molecule has 7 heteroatoms. The first-order valence-electron chi connectivity index (χ1n) is 6.61. The van der Waals surface area contributed by atoms with Crippen LogP contribution < -0.4 is 9.47 Å². The highest BCUT2D eigenvalue weighted by Crippen LogP contribution is 2.28. The van der Waals surface area contributed by atoms with Gasteiger partial charge in [0.05, 0.1) is 13.3 Å². The van der Waals surface area contributed by atoms with Gasteiger partial charge in [-0.3, -0.25) is 0 Å². The molecule has 0 amide bonds. The van der Waals surface area contributed by atoms with Crippen molar-refractivity contribution in [1.29, 1.82) is 0 Å². The molecule has 0 aliphatic heterocycles. The van der Waals surface area contributed by atoms with Gasteiger partial charge in [-0.05, 0) is 35.9 Å². The van der Waals surface area contributed by atoms with Crippen LogP contribution in [0.1, 0.15) is 11.1 Å². The fourth-order valence-electron chi connectivity index (χ4n) is 1.75. The third-order valence-corrected chi connectivity index (χ3v) is 3.08. The number of oxime groups is 1. The molecule has 2 rings (SSSR count). The highest BCUT2D eigenvalue weighted by Gasteiger charge is 2.10. The molecule has 0 heterocycles. The maximum absolute atomic E-state index is 12.2. The second-order valence-electron chi connectivity index (χ2n) is 4.42. The SMILES string of the molecule is COc1cc(C=NOCc2ccc(Cl)cc2)ccc1OC(F)F. The number of rotatable bonds is 7. The number of ether oxygens (including phenoxy) is 2. The van der Waals surface area contributed by atoms with Crippen LogP contribution >= 0.6 is 11.6 Å². The molecule has 0 fully saturated rings. The summed E-state index contributed by atoms with van der Waals surface area (Å²) in [5, 5.41) is 4.47. The first-order valence-corrected chi connectivity index (χ1v) is 6.99. The highest BCUT2D eigenvalue weighted by atomic mass is 35.5. The summed E-state index contributed by atoms with van der Waals surface area (Å²) in [6.45, 7) is -2.62. The highest BCUT2D eigenvalue weighted by molar-refractivity contribution is 6.30. The third-order valence-electron chi connectivity index (χ3n) is 2.82. The molecule has 0 N–H and O–H groups in total. The van der Waals surface area contributed by atoms with Crippen molar-refractivity contribution in [3.63, 3.8) is 0 Å². The van der Waals surface area contributed by atoms with E-state index in [0.717, 1.165) is 5.56 Å². The van der Waals surface area contributed by atoms with E-state index in [1.807, 2.05) is 12.1 Å². The summed E-state index contributed by atoms with van der Waals surface area (Å²) >= 11 is 5.79. The van der Waals surface area contributed by atoms with Gasteiger partial charge in [-0.25, -0.2) is 0 Å². The standard InChI is InChI=1S/C16H14ClF2NO3/c1-21-15-8-12(4-7-14(15)23-16(18)19)9-20-22-10-11-2-5-13(17)6-3-11/h2-9,16H,10H2,1H3. The number of alkyl halides is 2. The molecule has 0 aliphatic carbocycles. The lowest BCUT2D eigenvalue weighted by Crippen LogP contribution is -2.03. The molecule has 2 aromatic rings. The van der Waals surface area contributed by atoms with E-state index in [0.29, 0.717) is 10.6 Å². The van der Waals surface area contributed by atoms with Crippen LogP contribution in [-0.4, -0.2) is 19.9 Å². The van der Waals surface area contributed by atoms with Gasteiger partial charge in [-0.1, -0.05) is 28.9 Å².